The molecule has 1 aliphatic heterocycles. The second-order valence-electron chi connectivity index (χ2n) is 5.40. The normalized spacial score (nSPS) is 17.1. The predicted octanol–water partition coefficient (Wildman–Crippen LogP) is 2.45. The van der Waals surface area contributed by atoms with Gasteiger partial charge in [-0.2, -0.15) is 4.98 Å². The van der Waals surface area contributed by atoms with Gasteiger partial charge in [0, 0.05) is 24.8 Å². The summed E-state index contributed by atoms with van der Waals surface area (Å²) in [6.07, 6.45) is 1.88. The van der Waals surface area contributed by atoms with Crippen molar-refractivity contribution >= 4 is 34.7 Å². The summed E-state index contributed by atoms with van der Waals surface area (Å²) in [6, 6.07) is 4.62. The Morgan fingerprint density at radius 3 is 2.96 bits per heavy atom. The molecule has 2 heterocycles. The molecule has 0 spiro atoms. The molecule has 1 fully saturated rings. The van der Waals surface area contributed by atoms with E-state index in [1.807, 2.05) is 0 Å². The van der Waals surface area contributed by atoms with E-state index in [-0.39, 0.29) is 28.5 Å². The van der Waals surface area contributed by atoms with Crippen LogP contribution >= 0.6 is 11.6 Å². The largest absolute Gasteiger partial charge is 0.378 e. The molecule has 8 nitrogen and oxygen atoms in total. The van der Waals surface area contributed by atoms with E-state index in [1.165, 1.54) is 6.07 Å². The number of anilines is 3. The molecule has 10 heteroatoms. The van der Waals surface area contributed by atoms with Crippen molar-refractivity contribution in [1.82, 2.24) is 9.97 Å². The number of benzene rings is 1. The van der Waals surface area contributed by atoms with E-state index in [9.17, 15) is 14.5 Å². The molecule has 3 rings (SSSR count). The SMILES string of the molecule is Nc1nc(NC2CCN(c3ccc(F)c(Cl)c3)C2)ncc1[N+](=O)[O-]. The van der Waals surface area contributed by atoms with Gasteiger partial charge >= 0.3 is 5.69 Å². The third kappa shape index (κ3) is 3.30. The molecule has 0 bridgehead atoms. The van der Waals surface area contributed by atoms with Crippen LogP contribution in [0.2, 0.25) is 5.02 Å². The molecule has 126 valence electrons. The number of nitrogen functional groups attached to an aromatic ring is 1. The molecule has 0 amide bonds. The van der Waals surface area contributed by atoms with Crippen LogP contribution in [0.25, 0.3) is 0 Å². The smallest absolute Gasteiger partial charge is 0.329 e. The Labute approximate surface area is 141 Å². The molecule has 0 saturated carbocycles. The minimum atomic E-state index is -0.630. The van der Waals surface area contributed by atoms with Gasteiger partial charge in [0.15, 0.2) is 0 Å². The second kappa shape index (κ2) is 6.44. The highest BCUT2D eigenvalue weighted by atomic mass is 35.5. The maximum Gasteiger partial charge on any atom is 0.329 e. The molecule has 1 saturated heterocycles. The highest BCUT2D eigenvalue weighted by Gasteiger charge is 2.24. The van der Waals surface area contributed by atoms with Crippen molar-refractivity contribution in [2.24, 2.45) is 0 Å². The third-order valence-corrected chi connectivity index (χ3v) is 4.07. The number of hydrogen-bond donors (Lipinski definition) is 2. The molecule has 24 heavy (non-hydrogen) atoms. The predicted molar refractivity (Wildman–Crippen MR) is 88.7 cm³/mol. The van der Waals surface area contributed by atoms with E-state index in [4.69, 9.17) is 17.3 Å². The van der Waals surface area contributed by atoms with Crippen LogP contribution in [0.5, 0.6) is 0 Å². The fourth-order valence-electron chi connectivity index (χ4n) is 2.58. The average Bonchev–Trinajstić information content (AvgIpc) is 2.98. The van der Waals surface area contributed by atoms with Crippen LogP contribution in [0.15, 0.2) is 24.4 Å². The van der Waals surface area contributed by atoms with Crippen LogP contribution < -0.4 is 16.0 Å². The van der Waals surface area contributed by atoms with Crippen LogP contribution in [0.1, 0.15) is 6.42 Å². The monoisotopic (exact) mass is 352 g/mol. The van der Waals surface area contributed by atoms with Crippen LogP contribution in [0.3, 0.4) is 0 Å². The number of nitrogens with one attached hydrogen (secondary N) is 1. The average molecular weight is 353 g/mol. The molecule has 0 aliphatic carbocycles. The van der Waals surface area contributed by atoms with Gasteiger partial charge in [0.2, 0.25) is 11.8 Å². The summed E-state index contributed by atoms with van der Waals surface area (Å²) in [5.74, 6) is -0.399. The molecule has 1 aliphatic rings. The van der Waals surface area contributed by atoms with Crippen LogP contribution in [0, 0.1) is 15.9 Å². The second-order valence-corrected chi connectivity index (χ2v) is 5.80. The molecule has 1 atom stereocenters. The van der Waals surface area contributed by atoms with Gasteiger partial charge < -0.3 is 16.0 Å². The first kappa shape index (κ1) is 16.2. The fraction of sp³-hybridized carbons (Fsp3) is 0.286. The van der Waals surface area contributed by atoms with Gasteiger partial charge in [-0.15, -0.1) is 0 Å². The Balaban J connectivity index is 1.67. The quantitative estimate of drug-likeness (QED) is 0.642. The zero-order chi connectivity index (χ0) is 17.3. The van der Waals surface area contributed by atoms with E-state index in [2.05, 4.69) is 20.2 Å². The Bertz CT molecular complexity index is 790. The summed E-state index contributed by atoms with van der Waals surface area (Å²) in [5.41, 5.74) is 6.06. The van der Waals surface area contributed by atoms with Gasteiger partial charge in [-0.05, 0) is 24.6 Å². The van der Waals surface area contributed by atoms with Crippen molar-refractivity contribution < 1.29 is 9.31 Å². The first-order chi connectivity index (χ1) is 11.4. The molecule has 0 radical (unpaired) electrons. The molecular weight excluding hydrogens is 339 g/mol. The standard InChI is InChI=1S/C14H14ClFN6O2/c15-10-5-9(1-2-11(10)16)21-4-3-8(7-21)19-14-18-6-12(22(23)24)13(17)20-14/h1-2,5-6,8H,3-4,7H2,(H3,17,18,19,20). The van der Waals surface area contributed by atoms with Gasteiger partial charge in [-0.25, -0.2) is 9.37 Å². The number of nitrogens with two attached hydrogens (primary N) is 1. The highest BCUT2D eigenvalue weighted by molar-refractivity contribution is 6.31. The van der Waals surface area contributed by atoms with Gasteiger partial charge in [0.1, 0.15) is 12.0 Å². The van der Waals surface area contributed by atoms with Gasteiger partial charge in [-0.1, -0.05) is 11.6 Å². The fourth-order valence-corrected chi connectivity index (χ4v) is 2.75. The first-order valence-electron chi connectivity index (χ1n) is 7.17. The van der Waals surface area contributed by atoms with Crippen molar-refractivity contribution in [3.05, 3.63) is 45.4 Å². The van der Waals surface area contributed by atoms with Crippen molar-refractivity contribution in [2.45, 2.75) is 12.5 Å². The lowest BCUT2D eigenvalue weighted by Gasteiger charge is -2.19. The summed E-state index contributed by atoms with van der Waals surface area (Å²) in [6.45, 7) is 1.39. The Morgan fingerprint density at radius 2 is 2.29 bits per heavy atom. The molecule has 3 N–H and O–H groups in total. The van der Waals surface area contributed by atoms with Crippen LogP contribution in [-0.4, -0.2) is 34.0 Å². The van der Waals surface area contributed by atoms with Crippen LogP contribution in [-0.2, 0) is 0 Å². The van der Waals surface area contributed by atoms with Crippen molar-refractivity contribution in [3.63, 3.8) is 0 Å². The Hall–Kier alpha value is -2.68. The van der Waals surface area contributed by atoms with Crippen molar-refractivity contribution in [2.75, 3.05) is 29.0 Å². The summed E-state index contributed by atoms with van der Waals surface area (Å²) >= 11 is 5.81. The zero-order valence-corrected chi connectivity index (χ0v) is 13.2. The molecule has 1 unspecified atom stereocenters. The number of rotatable bonds is 4. The van der Waals surface area contributed by atoms with E-state index < -0.39 is 10.7 Å². The summed E-state index contributed by atoms with van der Waals surface area (Å²) in [7, 11) is 0. The van der Waals surface area contributed by atoms with E-state index in [1.54, 1.807) is 12.1 Å². The number of nitrogens with zero attached hydrogens (tertiary/aromatic N) is 4. The van der Waals surface area contributed by atoms with Gasteiger partial charge in [-0.3, -0.25) is 10.1 Å². The van der Waals surface area contributed by atoms with E-state index in [0.29, 0.717) is 6.54 Å². The Kier molecular flexibility index (Phi) is 4.34. The van der Waals surface area contributed by atoms with E-state index in [0.717, 1.165) is 24.8 Å². The summed E-state index contributed by atoms with van der Waals surface area (Å²) < 4.78 is 13.2. The first-order valence-corrected chi connectivity index (χ1v) is 7.55. The van der Waals surface area contributed by atoms with E-state index >= 15 is 0 Å². The summed E-state index contributed by atoms with van der Waals surface area (Å²) in [5, 5.41) is 13.9. The van der Waals surface area contributed by atoms with Gasteiger partial charge in [0.25, 0.3) is 0 Å². The van der Waals surface area contributed by atoms with Crippen molar-refractivity contribution in [3.8, 4) is 0 Å². The minimum Gasteiger partial charge on any atom is -0.378 e. The maximum absolute atomic E-state index is 13.2. The molecule has 1 aromatic carbocycles. The zero-order valence-electron chi connectivity index (χ0n) is 12.4. The Morgan fingerprint density at radius 1 is 1.50 bits per heavy atom. The maximum atomic E-state index is 13.2. The van der Waals surface area contributed by atoms with Crippen LogP contribution in [0.4, 0.5) is 27.5 Å². The lowest BCUT2D eigenvalue weighted by Crippen LogP contribution is -2.26. The molecular formula is C14H14ClFN6O2. The lowest BCUT2D eigenvalue weighted by atomic mass is 10.2. The number of aromatic nitrogens is 2. The highest BCUT2D eigenvalue weighted by Crippen LogP contribution is 2.26. The number of halogens is 2. The topological polar surface area (TPSA) is 110 Å². The molecule has 2 aromatic rings. The lowest BCUT2D eigenvalue weighted by molar-refractivity contribution is -0.384. The minimum absolute atomic E-state index is 0.0367. The van der Waals surface area contributed by atoms with Gasteiger partial charge in [0.05, 0.1) is 9.95 Å². The third-order valence-electron chi connectivity index (χ3n) is 3.78. The summed E-state index contributed by atoms with van der Waals surface area (Å²) in [4.78, 5) is 20.0. The number of nitro groups is 1. The molecule has 1 aromatic heterocycles. The number of hydrogen-bond acceptors (Lipinski definition) is 7. The van der Waals surface area contributed by atoms with Crippen molar-refractivity contribution in [1.29, 1.82) is 0 Å².